The van der Waals surface area contributed by atoms with Crippen LogP contribution in [0, 0.1) is 17.0 Å². The number of rotatable bonds is 9. The van der Waals surface area contributed by atoms with E-state index >= 15 is 0 Å². The van der Waals surface area contributed by atoms with Gasteiger partial charge in [0, 0.05) is 30.4 Å². The van der Waals surface area contributed by atoms with E-state index in [-0.39, 0.29) is 30.2 Å². The van der Waals surface area contributed by atoms with Gasteiger partial charge >= 0.3 is 0 Å². The number of nitrogens with one attached hydrogen (secondary N) is 2. The highest BCUT2D eigenvalue weighted by Gasteiger charge is 2.19. The molecule has 0 radical (unpaired) electrons. The number of hydrogen-bond acceptors (Lipinski definition) is 7. The molecule has 0 unspecified atom stereocenters. The lowest BCUT2D eigenvalue weighted by atomic mass is 10.1. The van der Waals surface area contributed by atoms with Crippen LogP contribution in [0.1, 0.15) is 37.7 Å². The fourth-order valence-corrected chi connectivity index (χ4v) is 3.50. The van der Waals surface area contributed by atoms with Crippen molar-refractivity contribution in [3.63, 3.8) is 0 Å². The molecule has 0 saturated carbocycles. The average molecular weight is 489 g/mol. The van der Waals surface area contributed by atoms with Gasteiger partial charge in [-0.2, -0.15) is 5.10 Å². The predicted octanol–water partition coefficient (Wildman–Crippen LogP) is 3.99. The van der Waals surface area contributed by atoms with Crippen LogP contribution >= 0.6 is 0 Å². The highest BCUT2D eigenvalue weighted by molar-refractivity contribution is 6.08. The van der Waals surface area contributed by atoms with E-state index in [0.717, 1.165) is 5.56 Å². The van der Waals surface area contributed by atoms with E-state index in [4.69, 9.17) is 9.15 Å². The number of anilines is 1. The smallest absolute Gasteiger partial charge is 0.274 e. The molecule has 0 aliphatic carbocycles. The third-order valence-corrected chi connectivity index (χ3v) is 5.25. The number of aromatic nitrogens is 2. The number of carbonyl (C=O) groups excluding carboxylic acids is 2. The van der Waals surface area contributed by atoms with Crippen LogP contribution in [-0.2, 0) is 20.2 Å². The summed E-state index contributed by atoms with van der Waals surface area (Å²) in [5.41, 5.74) is 1.94. The lowest BCUT2D eigenvalue weighted by Gasteiger charge is -2.09. The van der Waals surface area contributed by atoms with Crippen LogP contribution < -0.4 is 15.4 Å². The number of carbonyl (C=O) groups is 2. The molecule has 0 atom stereocenters. The van der Waals surface area contributed by atoms with E-state index in [1.54, 1.807) is 62.6 Å². The van der Waals surface area contributed by atoms with Gasteiger partial charge in [-0.3, -0.25) is 24.4 Å². The van der Waals surface area contributed by atoms with Crippen LogP contribution in [0.25, 0.3) is 0 Å². The number of hydrogen-bond donors (Lipinski definition) is 2. The van der Waals surface area contributed by atoms with Gasteiger partial charge in [0.25, 0.3) is 17.5 Å². The van der Waals surface area contributed by atoms with E-state index in [1.165, 1.54) is 23.1 Å². The standard InChI is InChI=1S/C25H23N5O6/c1-16-11-19(8-9-22(16)30(33)34)36-15-17-5-3-6-18(12-17)24(31)27-21-14-29(2)28-23(21)25(32)26-13-20-7-4-10-35-20/h3-12,14H,13,15H2,1-2H3,(H,26,32)(H,27,31). The number of benzene rings is 2. The van der Waals surface area contributed by atoms with E-state index in [9.17, 15) is 19.7 Å². The van der Waals surface area contributed by atoms with Crippen molar-refractivity contribution < 1.29 is 23.7 Å². The normalized spacial score (nSPS) is 10.6. The fourth-order valence-electron chi connectivity index (χ4n) is 3.50. The van der Waals surface area contributed by atoms with Crippen molar-refractivity contribution in [1.82, 2.24) is 15.1 Å². The second-order valence-corrected chi connectivity index (χ2v) is 7.98. The Kier molecular flexibility index (Phi) is 7.10. The van der Waals surface area contributed by atoms with Crippen molar-refractivity contribution in [1.29, 1.82) is 0 Å². The highest BCUT2D eigenvalue weighted by atomic mass is 16.6. The van der Waals surface area contributed by atoms with Gasteiger partial charge in [0.15, 0.2) is 5.69 Å². The molecule has 11 nitrogen and oxygen atoms in total. The Morgan fingerprint density at radius 1 is 1.14 bits per heavy atom. The zero-order valence-electron chi connectivity index (χ0n) is 19.6. The molecular weight excluding hydrogens is 466 g/mol. The average Bonchev–Trinajstić information content (AvgIpc) is 3.50. The first-order valence-corrected chi connectivity index (χ1v) is 10.9. The van der Waals surface area contributed by atoms with Crippen molar-refractivity contribution >= 4 is 23.2 Å². The maximum absolute atomic E-state index is 12.9. The monoisotopic (exact) mass is 489 g/mol. The Balaban J connectivity index is 1.41. The molecule has 184 valence electrons. The summed E-state index contributed by atoms with van der Waals surface area (Å²) in [6.45, 7) is 1.98. The summed E-state index contributed by atoms with van der Waals surface area (Å²) in [5, 5.41) is 20.6. The zero-order valence-corrected chi connectivity index (χ0v) is 19.6. The molecule has 11 heteroatoms. The summed E-state index contributed by atoms with van der Waals surface area (Å²) in [7, 11) is 1.65. The van der Waals surface area contributed by atoms with Gasteiger partial charge in [-0.25, -0.2) is 0 Å². The van der Waals surface area contributed by atoms with Crippen molar-refractivity contribution in [3.05, 3.63) is 105 Å². The molecule has 0 aliphatic rings. The van der Waals surface area contributed by atoms with Crippen molar-refractivity contribution in [2.24, 2.45) is 7.05 Å². The number of amides is 2. The van der Waals surface area contributed by atoms with Gasteiger partial charge in [0.2, 0.25) is 0 Å². The van der Waals surface area contributed by atoms with Gasteiger partial charge in [-0.15, -0.1) is 0 Å². The van der Waals surface area contributed by atoms with Crippen LogP contribution in [0.15, 0.2) is 71.5 Å². The summed E-state index contributed by atoms with van der Waals surface area (Å²) in [6, 6.07) is 14.8. The Morgan fingerprint density at radius 3 is 2.69 bits per heavy atom. The molecule has 2 aromatic heterocycles. The minimum atomic E-state index is -0.456. The van der Waals surface area contributed by atoms with Gasteiger partial charge < -0.3 is 19.8 Å². The molecule has 0 fully saturated rings. The largest absolute Gasteiger partial charge is 0.489 e. The Bertz CT molecular complexity index is 1410. The minimum absolute atomic E-state index is 0.0189. The fraction of sp³-hybridized carbons (Fsp3) is 0.160. The van der Waals surface area contributed by atoms with Gasteiger partial charge in [-0.05, 0) is 48.9 Å². The Labute approximate surface area is 205 Å². The number of ether oxygens (including phenoxy) is 1. The molecular formula is C25H23N5O6. The second kappa shape index (κ2) is 10.6. The molecule has 2 amide bonds. The van der Waals surface area contributed by atoms with Crippen LogP contribution in [0.3, 0.4) is 0 Å². The van der Waals surface area contributed by atoms with E-state index in [1.807, 2.05) is 0 Å². The van der Waals surface area contributed by atoms with Crippen molar-refractivity contribution in [2.45, 2.75) is 20.1 Å². The number of furan rings is 1. The van der Waals surface area contributed by atoms with E-state index in [0.29, 0.717) is 22.6 Å². The number of nitro benzene ring substituents is 1. The molecule has 4 aromatic rings. The molecule has 2 heterocycles. The zero-order chi connectivity index (χ0) is 25.7. The summed E-state index contributed by atoms with van der Waals surface area (Å²) in [5.74, 6) is 0.195. The molecule has 2 N–H and O–H groups in total. The summed E-state index contributed by atoms with van der Waals surface area (Å²) in [4.78, 5) is 36.1. The SMILES string of the molecule is Cc1cc(OCc2cccc(C(=O)Nc3cn(C)nc3C(=O)NCc3ccco3)c2)ccc1[N+](=O)[O-]. The molecule has 0 saturated heterocycles. The lowest BCUT2D eigenvalue weighted by Crippen LogP contribution is -2.25. The minimum Gasteiger partial charge on any atom is -0.489 e. The first kappa shape index (κ1) is 24.2. The van der Waals surface area contributed by atoms with Crippen LogP contribution in [0.5, 0.6) is 5.75 Å². The third kappa shape index (κ3) is 5.76. The molecule has 4 rings (SSSR count). The quantitative estimate of drug-likeness (QED) is 0.267. The van der Waals surface area contributed by atoms with Crippen molar-refractivity contribution in [3.8, 4) is 5.75 Å². The predicted molar refractivity (Wildman–Crippen MR) is 130 cm³/mol. The first-order chi connectivity index (χ1) is 17.3. The van der Waals surface area contributed by atoms with E-state index in [2.05, 4.69) is 15.7 Å². The molecule has 0 aliphatic heterocycles. The van der Waals surface area contributed by atoms with Crippen LogP contribution in [0.2, 0.25) is 0 Å². The first-order valence-electron chi connectivity index (χ1n) is 10.9. The molecule has 0 bridgehead atoms. The van der Waals surface area contributed by atoms with Crippen LogP contribution in [0.4, 0.5) is 11.4 Å². The maximum atomic E-state index is 12.9. The summed E-state index contributed by atoms with van der Waals surface area (Å²) >= 11 is 0. The van der Waals surface area contributed by atoms with Crippen molar-refractivity contribution in [2.75, 3.05) is 5.32 Å². The highest BCUT2D eigenvalue weighted by Crippen LogP contribution is 2.24. The van der Waals surface area contributed by atoms with E-state index < -0.39 is 16.7 Å². The molecule has 36 heavy (non-hydrogen) atoms. The summed E-state index contributed by atoms with van der Waals surface area (Å²) < 4.78 is 12.4. The molecule has 2 aromatic carbocycles. The molecule has 0 spiro atoms. The summed E-state index contributed by atoms with van der Waals surface area (Å²) in [6.07, 6.45) is 3.06. The number of nitro groups is 1. The topological polar surface area (TPSA) is 142 Å². The third-order valence-electron chi connectivity index (χ3n) is 5.25. The van der Waals surface area contributed by atoms with Gasteiger partial charge in [-0.1, -0.05) is 12.1 Å². The second-order valence-electron chi connectivity index (χ2n) is 7.98. The number of aryl methyl sites for hydroxylation is 2. The maximum Gasteiger partial charge on any atom is 0.274 e. The van der Waals surface area contributed by atoms with Gasteiger partial charge in [0.05, 0.1) is 23.4 Å². The Morgan fingerprint density at radius 2 is 1.97 bits per heavy atom. The number of nitrogens with zero attached hydrogens (tertiary/aromatic N) is 3. The van der Waals surface area contributed by atoms with Gasteiger partial charge in [0.1, 0.15) is 18.1 Å². The van der Waals surface area contributed by atoms with Crippen LogP contribution in [-0.4, -0.2) is 26.5 Å². The Hall–Kier alpha value is -4.93. The lowest BCUT2D eigenvalue weighted by molar-refractivity contribution is -0.385.